The molecule has 0 bridgehead atoms. The van der Waals surface area contributed by atoms with Crippen molar-refractivity contribution in [3.05, 3.63) is 58.7 Å². The van der Waals surface area contributed by atoms with Crippen LogP contribution >= 0.6 is 0 Å². The average molecular weight is 574 g/mol. The molecule has 4 rings (SSSR count). The van der Waals surface area contributed by atoms with Crippen LogP contribution in [0.15, 0.2) is 41.3 Å². The molecule has 13 heteroatoms. The van der Waals surface area contributed by atoms with Crippen LogP contribution in [0.1, 0.15) is 44.7 Å². The Morgan fingerprint density at radius 3 is 2.45 bits per heavy atom. The molecule has 1 fully saturated rings. The number of nitrogens with zero attached hydrogens (tertiary/aromatic N) is 2. The van der Waals surface area contributed by atoms with Crippen LogP contribution < -0.4 is 5.32 Å². The number of piperidine rings is 1. The molecule has 0 aromatic heterocycles. The highest BCUT2D eigenvalue weighted by molar-refractivity contribution is 7.85. The van der Waals surface area contributed by atoms with Crippen molar-refractivity contribution < 1.29 is 41.6 Å². The van der Waals surface area contributed by atoms with E-state index < -0.39 is 33.9 Å². The van der Waals surface area contributed by atoms with E-state index in [-0.39, 0.29) is 61.2 Å². The zero-order valence-corrected chi connectivity index (χ0v) is 23.0. The van der Waals surface area contributed by atoms with E-state index in [0.29, 0.717) is 24.2 Å². The molecule has 2 aromatic rings. The maximum absolute atomic E-state index is 13.2. The van der Waals surface area contributed by atoms with Crippen molar-refractivity contribution in [3.63, 3.8) is 0 Å². The molecule has 2 aliphatic rings. The predicted molar refractivity (Wildman–Crippen MR) is 143 cm³/mol. The molecule has 0 radical (unpaired) electrons. The maximum atomic E-state index is 13.2. The summed E-state index contributed by atoms with van der Waals surface area (Å²) in [6.45, 7) is 3.21. The van der Waals surface area contributed by atoms with E-state index in [2.05, 4.69) is 5.32 Å². The number of anilines is 1. The van der Waals surface area contributed by atoms with Gasteiger partial charge in [-0.25, -0.2) is 0 Å². The Kier molecular flexibility index (Phi) is 8.98. The highest BCUT2D eigenvalue weighted by atomic mass is 32.2. The number of hydrogen-bond acceptors (Lipinski definition) is 9. The summed E-state index contributed by atoms with van der Waals surface area (Å²) in [7, 11) is -2.97. The highest BCUT2D eigenvalue weighted by Crippen LogP contribution is 2.33. The van der Waals surface area contributed by atoms with Gasteiger partial charge in [0.25, 0.3) is 27.8 Å². The minimum Gasteiger partial charge on any atom is -0.382 e. The third-order valence-corrected chi connectivity index (χ3v) is 7.78. The van der Waals surface area contributed by atoms with Gasteiger partial charge in [0.2, 0.25) is 5.91 Å². The van der Waals surface area contributed by atoms with Gasteiger partial charge in [0, 0.05) is 25.7 Å². The van der Waals surface area contributed by atoms with Crippen molar-refractivity contribution in [2.75, 3.05) is 45.3 Å². The molecule has 2 N–H and O–H groups in total. The largest absolute Gasteiger partial charge is 0.382 e. The number of rotatable bonds is 12. The van der Waals surface area contributed by atoms with E-state index in [4.69, 9.17) is 9.47 Å². The fourth-order valence-corrected chi connectivity index (χ4v) is 5.52. The van der Waals surface area contributed by atoms with E-state index >= 15 is 0 Å². The van der Waals surface area contributed by atoms with Gasteiger partial charge in [-0.05, 0) is 43.5 Å². The van der Waals surface area contributed by atoms with Crippen LogP contribution in [0.25, 0.3) is 0 Å². The molecule has 2 heterocycles. The van der Waals surface area contributed by atoms with Crippen LogP contribution in [0.2, 0.25) is 0 Å². The summed E-state index contributed by atoms with van der Waals surface area (Å²) in [4.78, 5) is 52.4. The minimum atomic E-state index is -4.32. The fourth-order valence-electron chi connectivity index (χ4n) is 4.79. The van der Waals surface area contributed by atoms with Crippen LogP contribution in [0.4, 0.5) is 5.69 Å². The van der Waals surface area contributed by atoms with Crippen molar-refractivity contribution in [2.45, 2.75) is 37.1 Å². The summed E-state index contributed by atoms with van der Waals surface area (Å²) in [6.07, 6.45) is 0.475. The Morgan fingerprint density at radius 1 is 1.00 bits per heavy atom. The van der Waals surface area contributed by atoms with E-state index in [1.54, 1.807) is 24.3 Å². The summed E-state index contributed by atoms with van der Waals surface area (Å²) in [5.41, 5.74) is 2.17. The zero-order valence-electron chi connectivity index (χ0n) is 22.2. The number of ether oxygens (including phenoxy) is 2. The van der Waals surface area contributed by atoms with E-state index in [0.717, 1.165) is 15.4 Å². The molecule has 2 aromatic carbocycles. The Labute approximate surface area is 232 Å². The lowest BCUT2D eigenvalue weighted by Crippen LogP contribution is -2.54. The number of benzene rings is 2. The van der Waals surface area contributed by atoms with Gasteiger partial charge in [-0.3, -0.25) is 33.5 Å². The molecule has 2 aliphatic heterocycles. The first-order chi connectivity index (χ1) is 19.0. The molecule has 1 unspecified atom stereocenters. The SMILES string of the molecule is Cc1ccc(S(=O)(=O)O)c(CCOCCOCCNc2cccc3c2C(=O)N(C2CCC(=O)N(C)C2=O)C3=O)c1. The third kappa shape index (κ3) is 6.22. The van der Waals surface area contributed by atoms with Gasteiger partial charge in [0.05, 0.1) is 42.4 Å². The lowest BCUT2D eigenvalue weighted by Gasteiger charge is -2.32. The molecule has 0 saturated carbocycles. The van der Waals surface area contributed by atoms with E-state index in [1.165, 1.54) is 19.2 Å². The second kappa shape index (κ2) is 12.3. The van der Waals surface area contributed by atoms with Crippen LogP contribution in [-0.4, -0.2) is 92.5 Å². The predicted octanol–water partition coefficient (Wildman–Crippen LogP) is 1.67. The minimum absolute atomic E-state index is 0.0734. The first-order valence-corrected chi connectivity index (χ1v) is 14.2. The molecule has 40 heavy (non-hydrogen) atoms. The number of likely N-dealkylation sites (tertiary alicyclic amines) is 1. The molecule has 214 valence electrons. The molecule has 12 nitrogen and oxygen atoms in total. The Morgan fingerprint density at radius 2 is 1.73 bits per heavy atom. The molecule has 0 aliphatic carbocycles. The molecule has 1 saturated heterocycles. The van der Waals surface area contributed by atoms with Gasteiger partial charge in [-0.1, -0.05) is 23.8 Å². The number of hydrogen-bond donors (Lipinski definition) is 2. The monoisotopic (exact) mass is 573 g/mol. The first-order valence-electron chi connectivity index (χ1n) is 12.8. The van der Waals surface area contributed by atoms with E-state index in [9.17, 15) is 32.1 Å². The molecular weight excluding hydrogens is 542 g/mol. The van der Waals surface area contributed by atoms with Crippen LogP contribution in [0.3, 0.4) is 0 Å². The summed E-state index contributed by atoms with van der Waals surface area (Å²) in [5.74, 6) is -2.06. The molecule has 1 atom stereocenters. The van der Waals surface area contributed by atoms with Crippen LogP contribution in [0, 0.1) is 6.92 Å². The quantitative estimate of drug-likeness (QED) is 0.217. The van der Waals surface area contributed by atoms with Crippen molar-refractivity contribution in [1.82, 2.24) is 9.80 Å². The number of aryl methyl sites for hydroxylation is 1. The number of imide groups is 2. The standard InChI is InChI=1S/C27H31N3O9S/c1-17-6-8-22(40(35,36)37)18(16-17)10-12-38-14-15-39-13-11-28-20-5-3-4-19-24(20)27(34)30(25(19)32)21-7-9-23(31)29(2)26(21)33/h3-6,8,16,21,28H,7,9-15H2,1-2H3,(H,35,36,37). The van der Waals surface area contributed by atoms with Crippen LogP contribution in [-0.2, 0) is 35.6 Å². The van der Waals surface area contributed by atoms with Crippen LogP contribution in [0.5, 0.6) is 0 Å². The van der Waals surface area contributed by atoms with Gasteiger partial charge >= 0.3 is 0 Å². The third-order valence-electron chi connectivity index (χ3n) is 6.82. The number of likely N-dealkylation sites (N-methyl/N-ethyl adjacent to an activating group) is 1. The van der Waals surface area contributed by atoms with Gasteiger partial charge in [-0.2, -0.15) is 8.42 Å². The molecule has 0 spiro atoms. The number of carbonyl (C=O) groups excluding carboxylic acids is 4. The normalized spacial score (nSPS) is 17.5. The number of fused-ring (bicyclic) bond motifs is 1. The summed E-state index contributed by atoms with van der Waals surface area (Å²) < 4.78 is 43.6. The van der Waals surface area contributed by atoms with Gasteiger partial charge in [0.1, 0.15) is 6.04 Å². The summed E-state index contributed by atoms with van der Waals surface area (Å²) in [5, 5.41) is 3.10. The molecular formula is C27H31N3O9S. The van der Waals surface area contributed by atoms with Gasteiger partial charge < -0.3 is 14.8 Å². The average Bonchev–Trinajstić information content (AvgIpc) is 3.16. The molecule has 4 amide bonds. The Bertz CT molecular complexity index is 1440. The smallest absolute Gasteiger partial charge is 0.294 e. The summed E-state index contributed by atoms with van der Waals surface area (Å²) in [6, 6.07) is 8.51. The topological polar surface area (TPSA) is 160 Å². The highest BCUT2D eigenvalue weighted by Gasteiger charge is 2.47. The van der Waals surface area contributed by atoms with Crippen molar-refractivity contribution in [1.29, 1.82) is 0 Å². The zero-order chi connectivity index (χ0) is 29.0. The fraction of sp³-hybridized carbons (Fsp3) is 0.407. The van der Waals surface area contributed by atoms with Gasteiger partial charge in [-0.15, -0.1) is 0 Å². The number of nitrogens with one attached hydrogen (secondary N) is 1. The maximum Gasteiger partial charge on any atom is 0.294 e. The van der Waals surface area contributed by atoms with Crippen molar-refractivity contribution >= 4 is 39.4 Å². The second-order valence-corrected chi connectivity index (χ2v) is 10.9. The second-order valence-electron chi connectivity index (χ2n) is 9.54. The van der Waals surface area contributed by atoms with Crippen molar-refractivity contribution in [3.8, 4) is 0 Å². The van der Waals surface area contributed by atoms with E-state index in [1.807, 2.05) is 6.92 Å². The number of amides is 4. The van der Waals surface area contributed by atoms with Gasteiger partial charge in [0.15, 0.2) is 0 Å². The lowest BCUT2D eigenvalue weighted by molar-refractivity contribution is -0.149. The summed E-state index contributed by atoms with van der Waals surface area (Å²) >= 11 is 0. The first kappa shape index (κ1) is 29.3. The number of carbonyl (C=O) groups is 4. The Balaban J connectivity index is 1.23. The van der Waals surface area contributed by atoms with Crippen molar-refractivity contribution in [2.24, 2.45) is 0 Å². The lowest BCUT2D eigenvalue weighted by atomic mass is 10.0. The Hall–Kier alpha value is -3.65.